The lowest BCUT2D eigenvalue weighted by Gasteiger charge is -2.12. The van der Waals surface area contributed by atoms with Gasteiger partial charge in [0.05, 0.1) is 20.3 Å². The molecule has 0 aliphatic heterocycles. The van der Waals surface area contributed by atoms with Gasteiger partial charge in [-0.2, -0.15) is 13.2 Å². The molecular formula is C14H13F4NO5. The highest BCUT2D eigenvalue weighted by Crippen LogP contribution is 2.24. The van der Waals surface area contributed by atoms with Crippen molar-refractivity contribution in [3.8, 4) is 5.75 Å². The second-order valence-corrected chi connectivity index (χ2v) is 4.25. The van der Waals surface area contributed by atoms with Crippen LogP contribution >= 0.6 is 0 Å². The zero-order chi connectivity index (χ0) is 18.3. The zero-order valence-electron chi connectivity index (χ0n) is 12.6. The monoisotopic (exact) mass is 351 g/mol. The quantitative estimate of drug-likeness (QED) is 0.482. The number of nitrogens with one attached hydrogen (secondary N) is 1. The molecule has 10 heteroatoms. The smallest absolute Gasteiger partial charge is 0.422 e. The fourth-order valence-corrected chi connectivity index (χ4v) is 1.44. The van der Waals surface area contributed by atoms with Crippen molar-refractivity contribution in [2.24, 2.45) is 0 Å². The second-order valence-electron chi connectivity index (χ2n) is 4.25. The molecule has 0 atom stereocenters. The minimum atomic E-state index is -4.61. The normalized spacial score (nSPS) is 11.7. The molecule has 0 saturated carbocycles. The summed E-state index contributed by atoms with van der Waals surface area (Å²) < 4.78 is 63.0. The average molecular weight is 351 g/mol. The summed E-state index contributed by atoms with van der Waals surface area (Å²) in [5, 5.41) is 2.40. The van der Waals surface area contributed by atoms with E-state index in [2.05, 4.69) is 19.5 Å². The lowest BCUT2D eigenvalue weighted by Crippen LogP contribution is -2.19. The molecular weight excluding hydrogens is 338 g/mol. The fourth-order valence-electron chi connectivity index (χ4n) is 1.44. The molecule has 0 fully saturated rings. The fraction of sp³-hybridized carbons (Fsp3) is 0.286. The first-order valence-corrected chi connectivity index (χ1v) is 6.30. The van der Waals surface area contributed by atoms with Crippen molar-refractivity contribution in [1.29, 1.82) is 0 Å². The average Bonchev–Trinajstić information content (AvgIpc) is 2.51. The van der Waals surface area contributed by atoms with Gasteiger partial charge in [-0.3, -0.25) is 0 Å². The van der Waals surface area contributed by atoms with Crippen LogP contribution in [0.25, 0.3) is 0 Å². The lowest BCUT2D eigenvalue weighted by molar-refractivity contribution is -0.153. The van der Waals surface area contributed by atoms with Gasteiger partial charge in [-0.05, 0) is 12.1 Å². The summed E-state index contributed by atoms with van der Waals surface area (Å²) in [6.45, 7) is -1.65. The van der Waals surface area contributed by atoms with Crippen molar-refractivity contribution in [2.45, 2.75) is 6.18 Å². The van der Waals surface area contributed by atoms with E-state index >= 15 is 0 Å². The third-order valence-electron chi connectivity index (χ3n) is 2.47. The number of carbonyl (C=O) groups is 2. The number of hydrogen-bond acceptors (Lipinski definition) is 6. The molecule has 0 aliphatic carbocycles. The van der Waals surface area contributed by atoms with E-state index in [-0.39, 0.29) is 11.4 Å². The Kier molecular flexibility index (Phi) is 6.57. The molecule has 0 radical (unpaired) electrons. The summed E-state index contributed by atoms with van der Waals surface area (Å²) in [6.07, 6.45) is -3.83. The summed E-state index contributed by atoms with van der Waals surface area (Å²) in [7, 11) is 2.14. The summed E-state index contributed by atoms with van der Waals surface area (Å²) >= 11 is 0. The predicted molar refractivity (Wildman–Crippen MR) is 73.7 cm³/mol. The van der Waals surface area contributed by atoms with Crippen molar-refractivity contribution in [3.63, 3.8) is 0 Å². The van der Waals surface area contributed by atoms with Crippen LogP contribution in [0.5, 0.6) is 5.75 Å². The number of methoxy groups -OCH3 is 2. The molecule has 132 valence electrons. The second kappa shape index (κ2) is 8.18. The molecule has 0 spiro atoms. The van der Waals surface area contributed by atoms with Crippen LogP contribution < -0.4 is 10.1 Å². The third-order valence-corrected chi connectivity index (χ3v) is 2.47. The van der Waals surface area contributed by atoms with Crippen LogP contribution in [-0.4, -0.2) is 38.9 Å². The lowest BCUT2D eigenvalue weighted by atomic mass is 10.2. The first kappa shape index (κ1) is 19.3. The molecule has 1 aromatic carbocycles. The number of ether oxygens (including phenoxy) is 3. The van der Waals surface area contributed by atoms with Crippen LogP contribution in [0.4, 0.5) is 23.2 Å². The first-order chi connectivity index (χ1) is 11.2. The molecule has 0 unspecified atom stereocenters. The Bertz CT molecular complexity index is 643. The minimum absolute atomic E-state index is 0.0209. The van der Waals surface area contributed by atoms with E-state index in [1.807, 2.05) is 0 Å². The highest BCUT2D eigenvalue weighted by atomic mass is 19.4. The van der Waals surface area contributed by atoms with Gasteiger partial charge in [-0.15, -0.1) is 0 Å². The van der Waals surface area contributed by atoms with Crippen molar-refractivity contribution < 1.29 is 41.4 Å². The molecule has 1 rings (SSSR count). The van der Waals surface area contributed by atoms with Gasteiger partial charge >= 0.3 is 18.1 Å². The highest BCUT2D eigenvalue weighted by Gasteiger charge is 2.29. The predicted octanol–water partition coefficient (Wildman–Crippen LogP) is 2.41. The molecule has 0 aromatic heterocycles. The van der Waals surface area contributed by atoms with Gasteiger partial charge in [-0.25, -0.2) is 14.0 Å². The van der Waals surface area contributed by atoms with Crippen molar-refractivity contribution in [1.82, 2.24) is 0 Å². The SMILES string of the molecule is COC(=O)/C=C(/Nc1ccc(OCC(F)(F)F)c(F)c1)C(=O)OC. The molecule has 6 nitrogen and oxygen atoms in total. The molecule has 0 aliphatic rings. The van der Waals surface area contributed by atoms with Crippen molar-refractivity contribution in [2.75, 3.05) is 26.1 Å². The number of hydrogen-bond donors (Lipinski definition) is 1. The van der Waals surface area contributed by atoms with E-state index in [0.29, 0.717) is 0 Å². The van der Waals surface area contributed by atoms with Crippen LogP contribution in [0.1, 0.15) is 0 Å². The highest BCUT2D eigenvalue weighted by molar-refractivity contribution is 5.98. The van der Waals surface area contributed by atoms with Crippen LogP contribution in [0.2, 0.25) is 0 Å². The van der Waals surface area contributed by atoms with Crippen LogP contribution in [-0.2, 0) is 19.1 Å². The number of esters is 2. The Balaban J connectivity index is 2.93. The number of carbonyl (C=O) groups excluding carboxylic acids is 2. The Morgan fingerprint density at radius 2 is 1.88 bits per heavy atom. The van der Waals surface area contributed by atoms with Gasteiger partial charge in [0.2, 0.25) is 0 Å². The number of benzene rings is 1. The number of anilines is 1. The topological polar surface area (TPSA) is 73.9 Å². The molecule has 0 heterocycles. The van der Waals surface area contributed by atoms with Gasteiger partial charge < -0.3 is 19.5 Å². The van der Waals surface area contributed by atoms with E-state index in [9.17, 15) is 27.2 Å². The molecule has 0 bridgehead atoms. The van der Waals surface area contributed by atoms with Gasteiger partial charge in [0.15, 0.2) is 18.2 Å². The van der Waals surface area contributed by atoms with Crippen molar-refractivity contribution >= 4 is 17.6 Å². The maximum atomic E-state index is 13.7. The Labute approximate surface area is 134 Å². The van der Waals surface area contributed by atoms with Crippen LogP contribution in [0.3, 0.4) is 0 Å². The van der Waals surface area contributed by atoms with E-state index < -0.39 is 36.3 Å². The van der Waals surface area contributed by atoms with Gasteiger partial charge in [0.25, 0.3) is 0 Å². The summed E-state index contributed by atoms with van der Waals surface area (Å²) in [5.74, 6) is -3.51. The number of alkyl halides is 3. The van der Waals surface area contributed by atoms with Gasteiger partial charge in [-0.1, -0.05) is 0 Å². The largest absolute Gasteiger partial charge is 0.481 e. The Morgan fingerprint density at radius 1 is 1.21 bits per heavy atom. The Hall–Kier alpha value is -2.78. The summed E-state index contributed by atoms with van der Waals surface area (Å²) in [5.41, 5.74) is -0.375. The van der Waals surface area contributed by atoms with E-state index in [1.54, 1.807) is 0 Å². The molecule has 0 saturated heterocycles. The molecule has 1 N–H and O–H groups in total. The summed E-state index contributed by atoms with van der Waals surface area (Å²) in [4.78, 5) is 22.7. The van der Waals surface area contributed by atoms with E-state index in [1.165, 1.54) is 0 Å². The molecule has 1 aromatic rings. The Morgan fingerprint density at radius 3 is 2.38 bits per heavy atom. The zero-order valence-corrected chi connectivity index (χ0v) is 12.6. The molecule has 0 amide bonds. The van der Waals surface area contributed by atoms with Crippen LogP contribution in [0, 0.1) is 5.82 Å². The van der Waals surface area contributed by atoms with Gasteiger partial charge in [0, 0.05) is 11.8 Å². The minimum Gasteiger partial charge on any atom is -0.481 e. The number of halogens is 4. The van der Waals surface area contributed by atoms with Gasteiger partial charge in [0.1, 0.15) is 5.70 Å². The standard InChI is InChI=1S/C14H13F4NO5/c1-22-12(20)6-10(13(21)23-2)19-8-3-4-11(9(15)5-8)24-7-14(16,17)18/h3-6,19H,7H2,1-2H3/b10-6+. The van der Waals surface area contributed by atoms with Crippen molar-refractivity contribution in [3.05, 3.63) is 35.8 Å². The number of rotatable bonds is 6. The van der Waals surface area contributed by atoms with E-state index in [0.717, 1.165) is 38.5 Å². The first-order valence-electron chi connectivity index (χ1n) is 6.30. The maximum absolute atomic E-state index is 13.7. The van der Waals surface area contributed by atoms with E-state index in [4.69, 9.17) is 0 Å². The third kappa shape index (κ3) is 6.15. The van der Waals surface area contributed by atoms with Crippen LogP contribution in [0.15, 0.2) is 30.0 Å². The maximum Gasteiger partial charge on any atom is 0.422 e. The molecule has 24 heavy (non-hydrogen) atoms. The summed E-state index contributed by atoms with van der Waals surface area (Å²) in [6, 6.07) is 2.89.